The van der Waals surface area contributed by atoms with Crippen LogP contribution < -0.4 is 16.4 Å². The molecule has 0 saturated carbocycles. The Morgan fingerprint density at radius 2 is 2.26 bits per heavy atom. The van der Waals surface area contributed by atoms with E-state index in [2.05, 4.69) is 39.7 Å². The maximum absolute atomic E-state index is 14.2. The molecule has 0 bridgehead atoms. The van der Waals surface area contributed by atoms with Crippen LogP contribution in [-0.2, 0) is 0 Å². The van der Waals surface area contributed by atoms with Gasteiger partial charge in [0.15, 0.2) is 0 Å². The lowest BCUT2D eigenvalue weighted by molar-refractivity contribution is 0.0539. The molecule has 2 atom stereocenters. The molecular formula is C22H28ClFN6S. The van der Waals surface area contributed by atoms with Crippen molar-refractivity contribution in [3.8, 4) is 11.3 Å². The quantitative estimate of drug-likeness (QED) is 0.253. The molecule has 1 unspecified atom stereocenters. The minimum atomic E-state index is -0.413. The van der Waals surface area contributed by atoms with Crippen LogP contribution in [0.5, 0.6) is 0 Å². The molecule has 31 heavy (non-hydrogen) atoms. The predicted molar refractivity (Wildman–Crippen MR) is 128 cm³/mol. The summed E-state index contributed by atoms with van der Waals surface area (Å²) in [4.78, 5) is 2.36. The molecule has 1 saturated heterocycles. The second-order valence-electron chi connectivity index (χ2n) is 7.74. The lowest BCUT2D eigenvalue weighted by atomic mass is 9.91. The molecule has 0 amide bonds. The van der Waals surface area contributed by atoms with Crippen LogP contribution in [0.2, 0.25) is 5.02 Å². The Labute approximate surface area is 192 Å². The summed E-state index contributed by atoms with van der Waals surface area (Å²) in [6.07, 6.45) is 6.08. The third-order valence-corrected chi connectivity index (χ3v) is 5.95. The first-order chi connectivity index (χ1) is 14.9. The summed E-state index contributed by atoms with van der Waals surface area (Å²) < 4.78 is 14.6. The standard InChI is InChI=1S/C22H28ClFN6S/c1-14-13-30(2)21(14)12-26-9-3-4-16(7-8-25)27-20-11-19(28-29-22(20)31)17-10-15(23)5-6-18(17)24/h4-8,10-11,14,21,26H,3,9,12-13,25H2,1-2H3,(H,27,28)(H,29,31)/b8-7-,16-4+/t14-,21?/m0/s1. The summed E-state index contributed by atoms with van der Waals surface area (Å²) in [5.41, 5.74) is 7.69. The molecule has 0 aliphatic carbocycles. The molecule has 3 rings (SSSR count). The average Bonchev–Trinajstić information content (AvgIpc) is 2.74. The van der Waals surface area contributed by atoms with Crippen molar-refractivity contribution in [3.05, 3.63) is 63.8 Å². The van der Waals surface area contributed by atoms with Gasteiger partial charge in [0.05, 0.1) is 11.4 Å². The number of likely N-dealkylation sites (tertiary alicyclic amines) is 1. The van der Waals surface area contributed by atoms with Gasteiger partial charge in [-0.15, -0.1) is 0 Å². The SMILES string of the molecule is C[C@H]1CN(C)C1CNCC/C=C(\C=C/N)Nc1cc(-c2cc(Cl)ccc2F)n[nH]c1=S. The number of benzene rings is 1. The second kappa shape index (κ2) is 10.9. The summed E-state index contributed by atoms with van der Waals surface area (Å²) in [7, 11) is 2.15. The zero-order valence-electron chi connectivity index (χ0n) is 17.7. The number of hydrogen-bond acceptors (Lipinski definition) is 6. The van der Waals surface area contributed by atoms with Gasteiger partial charge in [-0.3, -0.25) is 5.10 Å². The third-order valence-electron chi connectivity index (χ3n) is 5.40. The molecule has 166 valence electrons. The first-order valence-corrected chi connectivity index (χ1v) is 11.0. The highest BCUT2D eigenvalue weighted by molar-refractivity contribution is 7.71. The minimum Gasteiger partial charge on any atom is -0.405 e. The monoisotopic (exact) mass is 462 g/mol. The molecule has 1 aliphatic rings. The summed E-state index contributed by atoms with van der Waals surface area (Å²) in [5.74, 6) is 0.320. The lowest BCUT2D eigenvalue weighted by Gasteiger charge is -2.44. The zero-order valence-corrected chi connectivity index (χ0v) is 19.2. The fourth-order valence-electron chi connectivity index (χ4n) is 3.69. The summed E-state index contributed by atoms with van der Waals surface area (Å²) in [6, 6.07) is 6.63. The van der Waals surface area contributed by atoms with Crippen LogP contribution in [0.4, 0.5) is 10.1 Å². The van der Waals surface area contributed by atoms with Crippen molar-refractivity contribution in [2.75, 3.05) is 32.0 Å². The average molecular weight is 463 g/mol. The van der Waals surface area contributed by atoms with E-state index in [0.29, 0.717) is 32.6 Å². The Bertz CT molecular complexity index is 1010. The maximum atomic E-state index is 14.2. The highest BCUT2D eigenvalue weighted by atomic mass is 35.5. The van der Waals surface area contributed by atoms with E-state index < -0.39 is 5.82 Å². The number of rotatable bonds is 9. The molecule has 1 aliphatic heterocycles. The van der Waals surface area contributed by atoms with Crippen LogP contribution in [0.15, 0.2) is 48.3 Å². The van der Waals surface area contributed by atoms with Crippen LogP contribution in [0.1, 0.15) is 13.3 Å². The molecule has 9 heteroatoms. The number of anilines is 1. The highest BCUT2D eigenvalue weighted by Crippen LogP contribution is 2.26. The predicted octanol–water partition coefficient (Wildman–Crippen LogP) is 4.30. The van der Waals surface area contributed by atoms with Crippen molar-refractivity contribution in [3.63, 3.8) is 0 Å². The van der Waals surface area contributed by atoms with Gasteiger partial charge in [-0.1, -0.05) is 36.8 Å². The van der Waals surface area contributed by atoms with Gasteiger partial charge in [0.25, 0.3) is 0 Å². The van der Waals surface area contributed by atoms with E-state index >= 15 is 0 Å². The highest BCUT2D eigenvalue weighted by Gasteiger charge is 2.31. The molecule has 1 aromatic carbocycles. The molecule has 2 aromatic rings. The topological polar surface area (TPSA) is 82.0 Å². The van der Waals surface area contributed by atoms with E-state index in [9.17, 15) is 4.39 Å². The third kappa shape index (κ3) is 6.13. The number of halogens is 2. The molecule has 0 spiro atoms. The van der Waals surface area contributed by atoms with E-state index in [1.165, 1.54) is 24.4 Å². The maximum Gasteiger partial charge on any atom is 0.143 e. The van der Waals surface area contributed by atoms with Gasteiger partial charge < -0.3 is 21.3 Å². The van der Waals surface area contributed by atoms with Gasteiger partial charge in [-0.25, -0.2) is 4.39 Å². The van der Waals surface area contributed by atoms with Gasteiger partial charge >= 0.3 is 0 Å². The van der Waals surface area contributed by atoms with E-state index in [0.717, 1.165) is 37.7 Å². The van der Waals surface area contributed by atoms with E-state index in [4.69, 9.17) is 29.6 Å². The van der Waals surface area contributed by atoms with Crippen LogP contribution in [-0.4, -0.2) is 47.8 Å². The molecular weight excluding hydrogens is 435 g/mol. The molecule has 5 N–H and O–H groups in total. The molecule has 2 heterocycles. The van der Waals surface area contributed by atoms with Crippen LogP contribution in [0.3, 0.4) is 0 Å². The van der Waals surface area contributed by atoms with Crippen LogP contribution in [0.25, 0.3) is 11.3 Å². The number of allylic oxidation sites excluding steroid dienone is 1. The fraction of sp³-hybridized carbons (Fsp3) is 0.364. The fourth-order valence-corrected chi connectivity index (χ4v) is 4.02. The number of hydrogen-bond donors (Lipinski definition) is 4. The molecule has 6 nitrogen and oxygen atoms in total. The van der Waals surface area contributed by atoms with Crippen molar-refractivity contribution >= 4 is 29.5 Å². The van der Waals surface area contributed by atoms with Gasteiger partial charge in [-0.2, -0.15) is 5.10 Å². The smallest absolute Gasteiger partial charge is 0.143 e. The Morgan fingerprint density at radius 1 is 1.45 bits per heavy atom. The van der Waals surface area contributed by atoms with Crippen molar-refractivity contribution in [1.29, 1.82) is 0 Å². The number of likely N-dealkylation sites (N-methyl/N-ethyl adjacent to an activating group) is 1. The minimum absolute atomic E-state index is 0.293. The molecule has 1 fully saturated rings. The van der Waals surface area contributed by atoms with Gasteiger partial charge in [0.2, 0.25) is 0 Å². The summed E-state index contributed by atoms with van der Waals surface area (Å²) in [6.45, 7) is 5.27. The normalized spacial score (nSPS) is 19.5. The van der Waals surface area contributed by atoms with Gasteiger partial charge in [-0.05, 0) is 62.5 Å². The molecule has 0 radical (unpaired) electrons. The Kier molecular flexibility index (Phi) is 8.20. The number of nitrogens with zero attached hydrogens (tertiary/aromatic N) is 2. The van der Waals surface area contributed by atoms with Crippen molar-refractivity contribution in [2.45, 2.75) is 19.4 Å². The van der Waals surface area contributed by atoms with E-state index in [-0.39, 0.29) is 0 Å². The van der Waals surface area contributed by atoms with Gasteiger partial charge in [0, 0.05) is 35.4 Å². The van der Waals surface area contributed by atoms with Crippen molar-refractivity contribution in [2.24, 2.45) is 11.7 Å². The first kappa shape index (κ1) is 23.4. The van der Waals surface area contributed by atoms with E-state index in [1.807, 2.05) is 6.08 Å². The number of aromatic amines is 1. The largest absolute Gasteiger partial charge is 0.405 e. The Morgan fingerprint density at radius 3 is 2.97 bits per heavy atom. The van der Waals surface area contributed by atoms with Crippen LogP contribution >= 0.6 is 23.8 Å². The number of aromatic nitrogens is 2. The second-order valence-corrected chi connectivity index (χ2v) is 8.59. The Balaban J connectivity index is 1.67. The zero-order chi connectivity index (χ0) is 22.4. The van der Waals surface area contributed by atoms with Gasteiger partial charge in [0.1, 0.15) is 10.5 Å². The van der Waals surface area contributed by atoms with Crippen molar-refractivity contribution < 1.29 is 4.39 Å². The lowest BCUT2D eigenvalue weighted by Crippen LogP contribution is -2.57. The summed E-state index contributed by atoms with van der Waals surface area (Å²) >= 11 is 11.4. The van der Waals surface area contributed by atoms with Crippen molar-refractivity contribution in [1.82, 2.24) is 20.4 Å². The van der Waals surface area contributed by atoms with Crippen LogP contribution in [0, 0.1) is 16.4 Å². The number of nitrogens with one attached hydrogen (secondary N) is 3. The Hall–Kier alpha value is -2.26. The number of H-pyrrole nitrogens is 1. The first-order valence-electron chi connectivity index (χ1n) is 10.2. The number of nitrogens with two attached hydrogens (primary N) is 1. The van der Waals surface area contributed by atoms with E-state index in [1.54, 1.807) is 12.1 Å². The molecule has 1 aromatic heterocycles. The summed E-state index contributed by atoms with van der Waals surface area (Å²) in [5, 5.41) is 14.1.